The van der Waals surface area contributed by atoms with Gasteiger partial charge in [0, 0.05) is 17.1 Å². The van der Waals surface area contributed by atoms with Crippen LogP contribution in [0.3, 0.4) is 0 Å². The summed E-state index contributed by atoms with van der Waals surface area (Å²) in [5.41, 5.74) is 2.98. The van der Waals surface area contributed by atoms with Gasteiger partial charge < -0.3 is 10.2 Å². The molecule has 0 unspecified atom stereocenters. The highest BCUT2D eigenvalue weighted by atomic mass is 16.1. The molecule has 0 aliphatic carbocycles. The molecule has 0 atom stereocenters. The summed E-state index contributed by atoms with van der Waals surface area (Å²) in [7, 11) is 0. The molecule has 3 heteroatoms. The van der Waals surface area contributed by atoms with Crippen LogP contribution in [0.15, 0.2) is 91.0 Å². The Bertz CT molecular complexity index is 718. The van der Waals surface area contributed by atoms with Crippen molar-refractivity contribution in [1.29, 1.82) is 0 Å². The van der Waals surface area contributed by atoms with Gasteiger partial charge in [0.1, 0.15) is 0 Å². The Labute approximate surface area is 142 Å². The van der Waals surface area contributed by atoms with Crippen LogP contribution in [0.2, 0.25) is 0 Å². The Morgan fingerprint density at radius 2 is 1.17 bits per heavy atom. The van der Waals surface area contributed by atoms with Gasteiger partial charge in [0.15, 0.2) is 5.78 Å². The predicted molar refractivity (Wildman–Crippen MR) is 99.8 cm³/mol. The average molecular weight is 316 g/mol. The van der Waals surface area contributed by atoms with E-state index < -0.39 is 0 Å². The average Bonchev–Trinajstić information content (AvgIpc) is 2.67. The predicted octanol–water partition coefficient (Wildman–Crippen LogP) is 4.51. The number of rotatable bonds is 7. The lowest BCUT2D eigenvalue weighted by Gasteiger charge is -2.24. The number of carbonyl (C=O) groups is 1. The van der Waals surface area contributed by atoms with Crippen molar-refractivity contribution < 1.29 is 4.79 Å². The third-order valence-electron chi connectivity index (χ3n) is 3.73. The first-order valence-electron chi connectivity index (χ1n) is 8.01. The van der Waals surface area contributed by atoms with Gasteiger partial charge in [0.2, 0.25) is 0 Å². The first-order valence-corrected chi connectivity index (χ1v) is 8.01. The maximum Gasteiger partial charge on any atom is 0.171 e. The van der Waals surface area contributed by atoms with Crippen LogP contribution >= 0.6 is 0 Å². The summed E-state index contributed by atoms with van der Waals surface area (Å²) < 4.78 is 0. The Morgan fingerprint density at radius 3 is 1.67 bits per heavy atom. The molecule has 0 fully saturated rings. The normalized spacial score (nSPS) is 10.2. The van der Waals surface area contributed by atoms with Gasteiger partial charge in [-0.1, -0.05) is 54.6 Å². The van der Waals surface area contributed by atoms with E-state index in [2.05, 4.69) is 5.32 Å². The summed E-state index contributed by atoms with van der Waals surface area (Å²) in [6, 6.07) is 29.7. The Morgan fingerprint density at radius 1 is 0.708 bits per heavy atom. The molecule has 0 bridgehead atoms. The van der Waals surface area contributed by atoms with E-state index in [9.17, 15) is 4.79 Å². The second-order valence-electron chi connectivity index (χ2n) is 5.52. The van der Waals surface area contributed by atoms with Crippen LogP contribution in [0.4, 0.5) is 17.1 Å². The van der Waals surface area contributed by atoms with Crippen molar-refractivity contribution in [1.82, 2.24) is 0 Å². The van der Waals surface area contributed by atoms with Gasteiger partial charge in [0.25, 0.3) is 0 Å². The van der Waals surface area contributed by atoms with Gasteiger partial charge in [-0.3, -0.25) is 4.79 Å². The van der Waals surface area contributed by atoms with Crippen molar-refractivity contribution in [3.05, 3.63) is 91.0 Å². The van der Waals surface area contributed by atoms with E-state index in [1.54, 1.807) is 0 Å². The second kappa shape index (κ2) is 7.97. The van der Waals surface area contributed by atoms with Gasteiger partial charge in [0.05, 0.1) is 13.1 Å². The summed E-state index contributed by atoms with van der Waals surface area (Å²) in [6.45, 7) is 0.633. The third-order valence-corrected chi connectivity index (χ3v) is 3.73. The number of para-hydroxylation sites is 3. The van der Waals surface area contributed by atoms with E-state index in [4.69, 9.17) is 0 Å². The van der Waals surface area contributed by atoms with Crippen LogP contribution in [0.5, 0.6) is 0 Å². The maximum atomic E-state index is 12.5. The molecule has 0 saturated carbocycles. The molecule has 3 aromatic carbocycles. The fourth-order valence-corrected chi connectivity index (χ4v) is 2.54. The van der Waals surface area contributed by atoms with E-state index in [1.165, 1.54) is 0 Å². The van der Waals surface area contributed by atoms with Crippen molar-refractivity contribution in [2.24, 2.45) is 0 Å². The molecule has 24 heavy (non-hydrogen) atoms. The van der Waals surface area contributed by atoms with E-state index >= 15 is 0 Å². The third kappa shape index (κ3) is 4.23. The molecule has 0 spiro atoms. The summed E-state index contributed by atoms with van der Waals surface area (Å²) >= 11 is 0. The minimum atomic E-state index is 0.131. The molecular formula is C21H20N2O. The minimum Gasteiger partial charge on any atom is -0.378 e. The summed E-state index contributed by atoms with van der Waals surface area (Å²) in [5, 5.41) is 3.18. The lowest BCUT2D eigenvalue weighted by atomic mass is 10.2. The standard InChI is InChI=1S/C21H20N2O/c24-21(16-22-18-10-4-1-5-11-18)17-23(19-12-6-2-7-13-19)20-14-8-3-9-15-20/h1-15,22H,16-17H2. The molecular weight excluding hydrogens is 296 g/mol. The molecule has 0 aromatic heterocycles. The van der Waals surface area contributed by atoms with Gasteiger partial charge in [-0.2, -0.15) is 0 Å². The van der Waals surface area contributed by atoms with Crippen molar-refractivity contribution in [3.8, 4) is 0 Å². The van der Waals surface area contributed by atoms with Crippen LogP contribution in [0.1, 0.15) is 0 Å². The highest BCUT2D eigenvalue weighted by molar-refractivity contribution is 5.89. The largest absolute Gasteiger partial charge is 0.378 e. The quantitative estimate of drug-likeness (QED) is 0.696. The number of nitrogens with one attached hydrogen (secondary N) is 1. The molecule has 0 aliphatic heterocycles. The zero-order valence-corrected chi connectivity index (χ0v) is 13.4. The number of ketones is 1. The number of benzene rings is 3. The molecule has 0 heterocycles. The first-order chi connectivity index (χ1) is 11.8. The van der Waals surface area contributed by atoms with Crippen LogP contribution in [0.25, 0.3) is 0 Å². The molecule has 0 radical (unpaired) electrons. The molecule has 3 aromatic rings. The van der Waals surface area contributed by atoms with Crippen molar-refractivity contribution in [2.45, 2.75) is 0 Å². The summed E-state index contributed by atoms with van der Waals surface area (Å²) in [6.07, 6.45) is 0. The van der Waals surface area contributed by atoms with Crippen LogP contribution in [0, 0.1) is 0 Å². The smallest absolute Gasteiger partial charge is 0.171 e. The summed E-state index contributed by atoms with van der Waals surface area (Å²) in [5.74, 6) is 0.131. The Hall–Kier alpha value is -3.07. The Balaban J connectivity index is 1.71. The SMILES string of the molecule is O=C(CNc1ccccc1)CN(c1ccccc1)c1ccccc1. The number of carbonyl (C=O) groups excluding carboxylic acids is 1. The van der Waals surface area contributed by atoms with Gasteiger partial charge in [-0.15, -0.1) is 0 Å². The molecule has 120 valence electrons. The number of nitrogens with zero attached hydrogens (tertiary/aromatic N) is 1. The van der Waals surface area contributed by atoms with Crippen molar-refractivity contribution >= 4 is 22.8 Å². The van der Waals surface area contributed by atoms with Crippen LogP contribution in [-0.4, -0.2) is 18.9 Å². The Kier molecular flexibility index (Phi) is 5.25. The number of hydrogen-bond acceptors (Lipinski definition) is 3. The molecule has 0 saturated heterocycles. The van der Waals surface area contributed by atoms with Gasteiger partial charge in [-0.05, 0) is 36.4 Å². The highest BCUT2D eigenvalue weighted by Crippen LogP contribution is 2.24. The second-order valence-corrected chi connectivity index (χ2v) is 5.52. The van der Waals surface area contributed by atoms with E-state index in [0.29, 0.717) is 13.1 Å². The fourth-order valence-electron chi connectivity index (χ4n) is 2.54. The number of hydrogen-bond donors (Lipinski definition) is 1. The van der Waals surface area contributed by atoms with Crippen molar-refractivity contribution in [2.75, 3.05) is 23.3 Å². The minimum absolute atomic E-state index is 0.131. The molecule has 0 aliphatic rings. The fraction of sp³-hybridized carbons (Fsp3) is 0.0952. The zero-order valence-electron chi connectivity index (χ0n) is 13.4. The van der Waals surface area contributed by atoms with Gasteiger partial charge >= 0.3 is 0 Å². The van der Waals surface area contributed by atoms with Crippen LogP contribution in [-0.2, 0) is 4.79 Å². The van der Waals surface area contributed by atoms with E-state index in [-0.39, 0.29) is 5.78 Å². The lowest BCUT2D eigenvalue weighted by Crippen LogP contribution is -2.29. The molecule has 0 amide bonds. The van der Waals surface area contributed by atoms with E-state index in [1.807, 2.05) is 95.9 Å². The van der Waals surface area contributed by atoms with Crippen molar-refractivity contribution in [3.63, 3.8) is 0 Å². The topological polar surface area (TPSA) is 32.3 Å². The zero-order chi connectivity index (χ0) is 16.6. The molecule has 3 rings (SSSR count). The summed E-state index contributed by atoms with van der Waals surface area (Å²) in [4.78, 5) is 14.5. The number of anilines is 3. The first kappa shape index (κ1) is 15.8. The van der Waals surface area contributed by atoms with Crippen LogP contribution < -0.4 is 10.2 Å². The number of Topliss-reactive ketones (excluding diaryl/α,β-unsaturated/α-hetero) is 1. The maximum absolute atomic E-state index is 12.5. The highest BCUT2D eigenvalue weighted by Gasteiger charge is 2.13. The van der Waals surface area contributed by atoms with E-state index in [0.717, 1.165) is 17.1 Å². The molecule has 1 N–H and O–H groups in total. The molecule has 3 nitrogen and oxygen atoms in total. The lowest BCUT2D eigenvalue weighted by molar-refractivity contribution is -0.116. The monoisotopic (exact) mass is 316 g/mol. The van der Waals surface area contributed by atoms with Gasteiger partial charge in [-0.25, -0.2) is 0 Å².